The predicted molar refractivity (Wildman–Crippen MR) is 127 cm³/mol. The monoisotopic (exact) mass is 461 g/mol. The van der Waals surface area contributed by atoms with Gasteiger partial charge in [-0.1, -0.05) is 71.4 Å². The van der Waals surface area contributed by atoms with Crippen LogP contribution in [0.3, 0.4) is 0 Å². The summed E-state index contributed by atoms with van der Waals surface area (Å²) in [6.07, 6.45) is 0.487. The summed E-state index contributed by atoms with van der Waals surface area (Å²) in [5.41, 5.74) is 3.72. The molecule has 1 amide bonds. The molecule has 8 heteroatoms. The minimum Gasteiger partial charge on any atom is -0.489 e. The first-order valence-corrected chi connectivity index (χ1v) is 11.0. The number of tetrazole rings is 1. The first kappa shape index (κ1) is 22.5. The van der Waals surface area contributed by atoms with Crippen molar-refractivity contribution in [3.8, 4) is 16.9 Å². The molecule has 0 saturated heterocycles. The van der Waals surface area contributed by atoms with Crippen LogP contribution in [-0.2, 0) is 6.42 Å². The van der Waals surface area contributed by atoms with E-state index in [0.29, 0.717) is 28.6 Å². The van der Waals surface area contributed by atoms with Crippen LogP contribution in [0.2, 0.25) is 5.02 Å². The molecular weight excluding hydrogens is 438 g/mol. The fraction of sp³-hybridized carbons (Fsp3) is 0.200. The lowest BCUT2D eigenvalue weighted by molar-refractivity contribution is 0.0934. The second-order valence-electron chi connectivity index (χ2n) is 7.87. The predicted octanol–water partition coefficient (Wildman–Crippen LogP) is 5.02. The SMILES string of the molecule is CC(C)Oc1ccc(C(=O)NC(Cc2ccc(-c3ccccc3)cc2)c2nn[nH]n2)cc1Cl. The number of hydrogen-bond acceptors (Lipinski definition) is 5. The van der Waals surface area contributed by atoms with Gasteiger partial charge in [0, 0.05) is 12.0 Å². The molecule has 0 fully saturated rings. The molecule has 0 bridgehead atoms. The third kappa shape index (κ3) is 5.75. The Hall–Kier alpha value is -3.71. The number of rotatable bonds is 8. The molecule has 0 radical (unpaired) electrons. The van der Waals surface area contributed by atoms with Crippen LogP contribution in [0.25, 0.3) is 11.1 Å². The van der Waals surface area contributed by atoms with Gasteiger partial charge in [-0.2, -0.15) is 5.21 Å². The van der Waals surface area contributed by atoms with Gasteiger partial charge in [-0.3, -0.25) is 4.79 Å². The fourth-order valence-electron chi connectivity index (χ4n) is 3.46. The number of carbonyl (C=O) groups is 1. The average Bonchev–Trinajstić information content (AvgIpc) is 3.36. The molecule has 3 aromatic carbocycles. The van der Waals surface area contributed by atoms with Crippen molar-refractivity contribution in [3.05, 3.63) is 94.8 Å². The summed E-state index contributed by atoms with van der Waals surface area (Å²) in [6, 6.07) is 22.9. The molecule has 7 nitrogen and oxygen atoms in total. The first-order chi connectivity index (χ1) is 16.0. The second kappa shape index (κ2) is 10.3. The molecule has 1 unspecified atom stereocenters. The Morgan fingerprint density at radius 1 is 1.03 bits per heavy atom. The number of ether oxygens (including phenoxy) is 1. The van der Waals surface area contributed by atoms with Crippen molar-refractivity contribution in [1.29, 1.82) is 0 Å². The summed E-state index contributed by atoms with van der Waals surface area (Å²) in [7, 11) is 0. The zero-order valence-electron chi connectivity index (χ0n) is 18.3. The molecule has 0 aliphatic rings. The number of H-pyrrole nitrogens is 1. The molecule has 1 aromatic heterocycles. The number of halogens is 1. The lowest BCUT2D eigenvalue weighted by Crippen LogP contribution is -2.30. The molecule has 33 heavy (non-hydrogen) atoms. The smallest absolute Gasteiger partial charge is 0.251 e. The van der Waals surface area contributed by atoms with E-state index in [-0.39, 0.29) is 12.0 Å². The van der Waals surface area contributed by atoms with Gasteiger partial charge in [-0.25, -0.2) is 0 Å². The van der Waals surface area contributed by atoms with E-state index in [4.69, 9.17) is 16.3 Å². The fourth-order valence-corrected chi connectivity index (χ4v) is 3.68. The number of aromatic amines is 1. The van der Waals surface area contributed by atoms with Gasteiger partial charge in [0.05, 0.1) is 17.2 Å². The lowest BCUT2D eigenvalue weighted by Gasteiger charge is -2.17. The normalized spacial score (nSPS) is 11.9. The van der Waals surface area contributed by atoms with E-state index in [1.54, 1.807) is 18.2 Å². The highest BCUT2D eigenvalue weighted by molar-refractivity contribution is 6.32. The van der Waals surface area contributed by atoms with E-state index < -0.39 is 6.04 Å². The van der Waals surface area contributed by atoms with Crippen LogP contribution in [0.5, 0.6) is 5.75 Å². The maximum Gasteiger partial charge on any atom is 0.251 e. The number of nitrogens with one attached hydrogen (secondary N) is 2. The minimum atomic E-state index is -0.468. The molecular formula is C25H24ClN5O2. The van der Waals surface area contributed by atoms with Gasteiger partial charge in [-0.15, -0.1) is 10.2 Å². The van der Waals surface area contributed by atoms with E-state index in [1.807, 2.05) is 44.2 Å². The van der Waals surface area contributed by atoms with Gasteiger partial charge >= 0.3 is 0 Å². The summed E-state index contributed by atoms with van der Waals surface area (Å²) in [5.74, 6) is 0.654. The van der Waals surface area contributed by atoms with E-state index in [1.165, 1.54) is 0 Å². The molecule has 0 aliphatic carbocycles. The molecule has 0 saturated carbocycles. The highest BCUT2D eigenvalue weighted by Gasteiger charge is 2.21. The molecule has 1 heterocycles. The number of hydrogen-bond donors (Lipinski definition) is 2. The Bertz CT molecular complexity index is 1200. The Kier molecular flexibility index (Phi) is 7.00. The Morgan fingerprint density at radius 2 is 1.76 bits per heavy atom. The summed E-state index contributed by atoms with van der Waals surface area (Å²) in [5, 5.41) is 17.6. The van der Waals surface area contributed by atoms with Crippen LogP contribution in [0.4, 0.5) is 0 Å². The lowest BCUT2D eigenvalue weighted by atomic mass is 10.00. The molecule has 0 spiro atoms. The molecule has 1 atom stereocenters. The topological polar surface area (TPSA) is 92.8 Å². The average molecular weight is 462 g/mol. The van der Waals surface area contributed by atoms with Crippen molar-refractivity contribution in [1.82, 2.24) is 25.9 Å². The van der Waals surface area contributed by atoms with Crippen LogP contribution in [0, 0.1) is 0 Å². The van der Waals surface area contributed by atoms with E-state index in [9.17, 15) is 4.79 Å². The van der Waals surface area contributed by atoms with Crippen molar-refractivity contribution in [3.63, 3.8) is 0 Å². The molecule has 4 aromatic rings. The standard InChI is InChI=1S/C25H24ClN5O2/c1-16(2)33-23-13-12-20(15-21(23)26)25(32)27-22(24-28-30-31-29-24)14-17-8-10-19(11-9-17)18-6-4-3-5-7-18/h3-13,15-16,22H,14H2,1-2H3,(H,27,32)(H,28,29,30,31). The van der Waals surface area contributed by atoms with Crippen molar-refractivity contribution in [2.45, 2.75) is 32.4 Å². The Labute approximate surface area is 197 Å². The Balaban J connectivity index is 1.50. The number of benzene rings is 3. The third-order valence-electron chi connectivity index (χ3n) is 5.04. The van der Waals surface area contributed by atoms with Crippen molar-refractivity contribution in [2.75, 3.05) is 0 Å². The number of aromatic nitrogens is 4. The largest absolute Gasteiger partial charge is 0.489 e. The number of carbonyl (C=O) groups excluding carboxylic acids is 1. The van der Waals surface area contributed by atoms with Crippen molar-refractivity contribution < 1.29 is 9.53 Å². The van der Waals surface area contributed by atoms with Crippen LogP contribution < -0.4 is 10.1 Å². The summed E-state index contributed by atoms with van der Waals surface area (Å²) >= 11 is 6.30. The van der Waals surface area contributed by atoms with Gasteiger partial charge in [0.25, 0.3) is 5.91 Å². The number of nitrogens with zero attached hydrogens (tertiary/aromatic N) is 3. The molecule has 4 rings (SSSR count). The molecule has 168 valence electrons. The maximum atomic E-state index is 13.0. The zero-order valence-corrected chi connectivity index (χ0v) is 19.1. The highest BCUT2D eigenvalue weighted by Crippen LogP contribution is 2.27. The van der Waals surface area contributed by atoms with Crippen molar-refractivity contribution in [2.24, 2.45) is 0 Å². The van der Waals surface area contributed by atoms with E-state index in [2.05, 4.69) is 50.2 Å². The van der Waals surface area contributed by atoms with E-state index >= 15 is 0 Å². The van der Waals surface area contributed by atoms with Gasteiger partial charge in [-0.05, 0) is 48.7 Å². The quantitative estimate of drug-likeness (QED) is 0.384. The van der Waals surface area contributed by atoms with E-state index in [0.717, 1.165) is 16.7 Å². The van der Waals surface area contributed by atoms with Crippen molar-refractivity contribution >= 4 is 17.5 Å². The second-order valence-corrected chi connectivity index (χ2v) is 8.28. The summed E-state index contributed by atoms with van der Waals surface area (Å²) in [6.45, 7) is 3.83. The maximum absolute atomic E-state index is 13.0. The Morgan fingerprint density at radius 3 is 2.39 bits per heavy atom. The molecule has 2 N–H and O–H groups in total. The van der Waals surface area contributed by atoms with Crippen LogP contribution in [-0.4, -0.2) is 32.6 Å². The van der Waals surface area contributed by atoms with Gasteiger partial charge in [0.2, 0.25) is 0 Å². The summed E-state index contributed by atoms with van der Waals surface area (Å²) in [4.78, 5) is 13.0. The third-order valence-corrected chi connectivity index (χ3v) is 5.33. The van der Waals surface area contributed by atoms with Gasteiger partial charge < -0.3 is 10.1 Å². The van der Waals surface area contributed by atoms with Gasteiger partial charge in [0.1, 0.15) is 5.75 Å². The van der Waals surface area contributed by atoms with Gasteiger partial charge in [0.15, 0.2) is 5.82 Å². The summed E-state index contributed by atoms with van der Waals surface area (Å²) < 4.78 is 5.64. The number of amides is 1. The molecule has 0 aliphatic heterocycles. The first-order valence-electron chi connectivity index (χ1n) is 10.6. The minimum absolute atomic E-state index is 0.0157. The highest BCUT2D eigenvalue weighted by atomic mass is 35.5. The van der Waals surface area contributed by atoms with Crippen LogP contribution >= 0.6 is 11.6 Å². The zero-order chi connectivity index (χ0) is 23.2. The van der Waals surface area contributed by atoms with Crippen LogP contribution in [0.15, 0.2) is 72.8 Å². The van der Waals surface area contributed by atoms with Crippen LogP contribution in [0.1, 0.15) is 41.6 Å².